The van der Waals surface area contributed by atoms with Crippen molar-refractivity contribution in [2.45, 2.75) is 235 Å². The molecule has 8 N–H and O–H groups in total. The maximum Gasteiger partial charge on any atom is 0.350 e. The van der Waals surface area contributed by atoms with Crippen LogP contribution >= 0.6 is 27.5 Å². The van der Waals surface area contributed by atoms with Crippen LogP contribution in [0.25, 0.3) is 5.65 Å². The van der Waals surface area contributed by atoms with E-state index in [1.165, 1.54) is 56.9 Å². The van der Waals surface area contributed by atoms with Gasteiger partial charge in [-0.15, -0.1) is 5.10 Å². The first kappa shape index (κ1) is 82.5. The summed E-state index contributed by atoms with van der Waals surface area (Å²) < 4.78 is 37.1. The molecular formula is C77H109BrClN3O17. The second-order valence-electron chi connectivity index (χ2n) is 27.3. The number of aromatic nitrogens is 3. The standard InChI is InChI=1S/C20H22ClN3O7.C18H27BrO2.C18H28O2.C13H22O5.C8H10O/c21-12-3-4-15-22-24(20(30)23(15)7-12)6-10-1-2-11(8-25)13(5-10)19-18(29)17(28)16(27)14(9-26)31-19;1-5-17-12(3)11(2)13(4)18(21-17)16-8-14(9-19)6-7-15(16)10-20;1-6-17-13(4)12(3)14(5)18(20-17)16-9-11(2)7-8-15(16)10-19;1-6-11-7(2)8(3)12(16-9(4)14)13(18-11)17-10(5)15;1-7-2-4-8(6-9)5-3-7/h1-5,7,14,16-19,25-29H,6,8-9H2;6-8,11-13,17-18,20H,5,9-10H2,1-4H3;7-9,12-14,17-19H,6,10H2,1-5H3;7-8,11-13H,6H2,1-5H3;2-5,9H,6H2,1H3/t14?,16-,17+,18?,19+;11-,12-,13?,17?,18+;12-,13-,14?,17?,18+;7-,8-,11?,12?,13?;/m1000./s1. The summed E-state index contributed by atoms with van der Waals surface area (Å²) in [6.45, 7) is 30.5. The summed E-state index contributed by atoms with van der Waals surface area (Å²) in [5.41, 5.74) is 10.5. The molecule has 4 saturated heterocycles. The minimum atomic E-state index is -1.54. The third-order valence-electron chi connectivity index (χ3n) is 20.8. The molecule has 0 saturated carbocycles. The maximum absolute atomic E-state index is 12.6. The van der Waals surface area contributed by atoms with Gasteiger partial charge < -0.3 is 69.3 Å². The molecule has 10 rings (SSSR count). The average Bonchev–Trinajstić information content (AvgIpc) is 1.14. The monoisotopic (exact) mass is 1460 g/mol. The molecule has 4 aliphatic heterocycles. The molecule has 6 aromatic rings. The molecule has 20 atom stereocenters. The SMILES string of the molecule is CCC1OC(OC(C)=O)C(OC(C)=O)[C@@H](C)[C@@H]1C.CCC1O[C@@H](c2cc(C)ccc2CO)C(C)[C@@H](C)[C@@H]1C.CCC1O[C@@H](c2cc(CBr)ccc2CO)C(C)[C@@H](C)[C@@H]1C.Cc1ccc(CO)cc1.O=c1n(Cc2ccc(CO)c([C@@H]3OC(CO)[C@@H](O)[C@H](O)C3O)c2)nc2ccc(Cl)cn12. The Hall–Kier alpha value is -5.47. The molecule has 0 aliphatic carbocycles. The van der Waals surface area contributed by atoms with E-state index in [0.29, 0.717) is 75.1 Å². The Bertz CT molecular complexity index is 3570. The number of hydrogen-bond donors (Lipinski definition) is 8. The Balaban J connectivity index is 0.000000204. The van der Waals surface area contributed by atoms with Gasteiger partial charge >= 0.3 is 17.6 Å². The number of aryl methyl sites for hydroxylation is 2. The van der Waals surface area contributed by atoms with Crippen molar-refractivity contribution in [2.75, 3.05) is 6.61 Å². The van der Waals surface area contributed by atoms with Gasteiger partial charge in [-0.2, -0.15) is 0 Å². The molecule has 0 bridgehead atoms. The Morgan fingerprint density at radius 3 is 1.46 bits per heavy atom. The van der Waals surface area contributed by atoms with Gasteiger partial charge in [0.25, 0.3) is 0 Å². The highest BCUT2D eigenvalue weighted by molar-refractivity contribution is 9.08. The van der Waals surface area contributed by atoms with Crippen molar-refractivity contribution < 1.29 is 78.9 Å². The van der Waals surface area contributed by atoms with Crippen molar-refractivity contribution in [1.29, 1.82) is 0 Å². The van der Waals surface area contributed by atoms with Crippen LogP contribution in [0.1, 0.15) is 189 Å². The number of carbonyl (C=O) groups excluding carboxylic acids is 2. The molecule has 99 heavy (non-hydrogen) atoms. The van der Waals surface area contributed by atoms with E-state index < -0.39 is 67.1 Å². The fourth-order valence-electron chi connectivity index (χ4n) is 13.8. The molecule has 4 aliphatic rings. The Morgan fingerprint density at radius 1 is 0.515 bits per heavy atom. The largest absolute Gasteiger partial charge is 0.456 e. The summed E-state index contributed by atoms with van der Waals surface area (Å²) in [6.07, 6.45) is -2.82. The number of alkyl halides is 1. The van der Waals surface area contributed by atoms with Crippen LogP contribution in [0.2, 0.25) is 5.02 Å². The number of pyridine rings is 1. The summed E-state index contributed by atoms with van der Waals surface area (Å²) in [6, 6.07) is 28.6. The van der Waals surface area contributed by atoms with E-state index in [1.54, 1.807) is 30.3 Å². The zero-order valence-corrected chi connectivity index (χ0v) is 62.5. The lowest BCUT2D eigenvalue weighted by molar-refractivity contribution is -0.266. The molecule has 9 unspecified atom stereocenters. The van der Waals surface area contributed by atoms with Gasteiger partial charge in [-0.05, 0) is 137 Å². The maximum atomic E-state index is 12.6. The molecule has 6 heterocycles. The molecule has 20 nitrogen and oxygen atoms in total. The van der Waals surface area contributed by atoms with Gasteiger partial charge in [0.15, 0.2) is 11.8 Å². The highest BCUT2D eigenvalue weighted by atomic mass is 79.9. The van der Waals surface area contributed by atoms with E-state index >= 15 is 0 Å². The number of nitrogens with zero attached hydrogens (tertiary/aromatic N) is 3. The highest BCUT2D eigenvalue weighted by Crippen LogP contribution is 2.47. The second-order valence-corrected chi connectivity index (χ2v) is 28.3. The lowest BCUT2D eigenvalue weighted by Crippen LogP contribution is -2.55. The summed E-state index contributed by atoms with van der Waals surface area (Å²) in [5.74, 6) is 2.84. The first-order chi connectivity index (χ1) is 47.0. The van der Waals surface area contributed by atoms with Crippen LogP contribution in [0.3, 0.4) is 0 Å². The smallest absolute Gasteiger partial charge is 0.350 e. The summed E-state index contributed by atoms with van der Waals surface area (Å²) in [7, 11) is 0. The molecule has 22 heteroatoms. The molecule has 0 radical (unpaired) electrons. The third-order valence-corrected chi connectivity index (χ3v) is 21.6. The predicted octanol–water partition coefficient (Wildman–Crippen LogP) is 11.7. The fraction of sp³-hybridized carbons (Fsp3) is 0.584. The zero-order valence-electron chi connectivity index (χ0n) is 60.2. The number of halogens is 2. The van der Waals surface area contributed by atoms with Gasteiger partial charge in [-0.1, -0.05) is 194 Å². The minimum Gasteiger partial charge on any atom is -0.456 e. The van der Waals surface area contributed by atoms with E-state index in [9.17, 15) is 50.1 Å². The number of carbonyl (C=O) groups is 2. The number of esters is 2. The van der Waals surface area contributed by atoms with E-state index in [-0.39, 0.29) is 63.1 Å². The number of aliphatic hydroxyl groups is 8. The summed E-state index contributed by atoms with van der Waals surface area (Å²) in [5, 5.41) is 83.2. The lowest BCUT2D eigenvalue weighted by atomic mass is 9.73. The van der Waals surface area contributed by atoms with Gasteiger partial charge in [0.1, 0.15) is 30.5 Å². The fourth-order valence-corrected chi connectivity index (χ4v) is 14.3. The number of hydrogen-bond acceptors (Lipinski definition) is 18. The van der Waals surface area contributed by atoms with E-state index in [1.807, 2.05) is 57.2 Å². The van der Waals surface area contributed by atoms with Gasteiger partial charge in [0.2, 0.25) is 6.29 Å². The molecular weight excluding hydrogens is 1350 g/mol. The van der Waals surface area contributed by atoms with Gasteiger partial charge in [-0.3, -0.25) is 9.59 Å². The van der Waals surface area contributed by atoms with Crippen LogP contribution in [0.4, 0.5) is 0 Å². The van der Waals surface area contributed by atoms with Gasteiger partial charge in [0.05, 0.1) is 75.1 Å². The van der Waals surface area contributed by atoms with Crippen LogP contribution in [0, 0.1) is 61.2 Å². The second kappa shape index (κ2) is 38.7. The molecule has 548 valence electrons. The van der Waals surface area contributed by atoms with Crippen molar-refractivity contribution in [2.24, 2.45) is 47.3 Å². The number of benzene rings is 4. The molecule has 0 amide bonds. The van der Waals surface area contributed by atoms with Gasteiger partial charge in [-0.25, -0.2) is 13.9 Å². The van der Waals surface area contributed by atoms with Crippen molar-refractivity contribution >= 4 is 45.1 Å². The van der Waals surface area contributed by atoms with Crippen LogP contribution in [-0.4, -0.2) is 129 Å². The Morgan fingerprint density at radius 2 is 0.970 bits per heavy atom. The lowest BCUT2D eigenvalue weighted by Gasteiger charge is -2.44. The van der Waals surface area contributed by atoms with Gasteiger partial charge in [0, 0.05) is 31.3 Å². The quantitative estimate of drug-likeness (QED) is 0.0330. The molecule has 4 fully saturated rings. The topological polar surface area (TPSA) is 291 Å². The normalized spacial score (nSPS) is 29.6. The minimum absolute atomic E-state index is 0.0103. The van der Waals surface area contributed by atoms with Crippen molar-refractivity contribution in [3.8, 4) is 0 Å². The Labute approximate surface area is 597 Å². The van der Waals surface area contributed by atoms with Crippen LogP contribution in [0.5, 0.6) is 0 Å². The molecule has 2 aromatic heterocycles. The number of ether oxygens (including phenoxy) is 6. The predicted molar refractivity (Wildman–Crippen MR) is 383 cm³/mol. The number of aliphatic hydroxyl groups excluding tert-OH is 8. The van der Waals surface area contributed by atoms with Crippen molar-refractivity contribution in [3.63, 3.8) is 0 Å². The van der Waals surface area contributed by atoms with Crippen molar-refractivity contribution in [1.82, 2.24) is 14.2 Å². The van der Waals surface area contributed by atoms with Crippen molar-refractivity contribution in [3.05, 3.63) is 174 Å². The first-order valence-corrected chi connectivity index (χ1v) is 36.3. The number of fused-ring (bicyclic) bond motifs is 1. The van der Waals surface area contributed by atoms with Crippen LogP contribution in [0.15, 0.2) is 102 Å². The Kier molecular flexibility index (Phi) is 32.2. The number of rotatable bonds is 16. The van der Waals surface area contributed by atoms with Crippen LogP contribution < -0.4 is 5.69 Å². The third kappa shape index (κ3) is 20.9. The van der Waals surface area contributed by atoms with E-state index in [2.05, 4.69) is 115 Å². The average molecular weight is 1460 g/mol. The molecule has 0 spiro atoms. The highest BCUT2D eigenvalue weighted by Gasteiger charge is 2.47. The zero-order chi connectivity index (χ0) is 73.3. The summed E-state index contributed by atoms with van der Waals surface area (Å²) >= 11 is 9.47. The molecule has 4 aromatic carbocycles. The van der Waals surface area contributed by atoms with E-state index in [0.717, 1.165) is 41.3 Å². The first-order valence-electron chi connectivity index (χ1n) is 34.8. The van der Waals surface area contributed by atoms with Crippen LogP contribution in [-0.2, 0) is 76.3 Å². The van der Waals surface area contributed by atoms with E-state index in [4.69, 9.17) is 45.1 Å². The summed E-state index contributed by atoms with van der Waals surface area (Å²) in [4.78, 5) is 34.8.